The second-order valence-corrected chi connectivity index (χ2v) is 4.60. The molecule has 0 aliphatic rings. The van der Waals surface area contributed by atoms with Crippen molar-refractivity contribution < 1.29 is 14.1 Å². The first-order valence-corrected chi connectivity index (χ1v) is 6.29. The molecule has 4 heteroatoms. The maximum Gasteiger partial charge on any atom is 0.349 e. The predicted octanol–water partition coefficient (Wildman–Crippen LogP) is 3.66. The molecule has 0 N–H and O–H groups in total. The van der Waals surface area contributed by atoms with E-state index < -0.39 is 5.97 Å². The van der Waals surface area contributed by atoms with Crippen LogP contribution < -0.4 is 4.74 Å². The number of benzene rings is 2. The molecule has 0 spiro atoms. The Morgan fingerprint density at radius 3 is 2.55 bits per heavy atom. The smallest absolute Gasteiger partial charge is 0.349 e. The third-order valence-corrected chi connectivity index (χ3v) is 3.17. The minimum Gasteiger partial charge on any atom is -0.423 e. The summed E-state index contributed by atoms with van der Waals surface area (Å²) in [6.45, 7) is 3.41. The van der Waals surface area contributed by atoms with Gasteiger partial charge in [0.25, 0.3) is 0 Å². The van der Waals surface area contributed by atoms with E-state index in [0.29, 0.717) is 22.8 Å². The van der Waals surface area contributed by atoms with Gasteiger partial charge >= 0.3 is 5.97 Å². The number of rotatable bonds is 2. The summed E-state index contributed by atoms with van der Waals surface area (Å²) >= 11 is 0. The topological polar surface area (TPSA) is 52.3 Å². The van der Waals surface area contributed by atoms with Gasteiger partial charge in [0.2, 0.25) is 0 Å². The standard InChI is InChI=1S/C16H13NO3/c1-10-15(11(2)20-17-10)16(18)19-14-8-7-12-5-3-4-6-13(12)9-14/h3-9H,1-2H3. The molecule has 0 amide bonds. The lowest BCUT2D eigenvalue weighted by Crippen LogP contribution is -2.10. The molecule has 20 heavy (non-hydrogen) atoms. The van der Waals surface area contributed by atoms with Crippen molar-refractivity contribution in [2.45, 2.75) is 13.8 Å². The molecule has 0 bridgehead atoms. The maximum atomic E-state index is 12.1. The highest BCUT2D eigenvalue weighted by molar-refractivity contribution is 5.93. The predicted molar refractivity (Wildman–Crippen MR) is 74.9 cm³/mol. The van der Waals surface area contributed by atoms with Crippen LogP contribution in [0.15, 0.2) is 47.0 Å². The van der Waals surface area contributed by atoms with Crippen molar-refractivity contribution in [2.24, 2.45) is 0 Å². The van der Waals surface area contributed by atoms with Gasteiger partial charge in [-0.05, 0) is 36.8 Å². The Hall–Kier alpha value is -2.62. The highest BCUT2D eigenvalue weighted by Gasteiger charge is 2.19. The lowest BCUT2D eigenvalue weighted by atomic mass is 10.1. The van der Waals surface area contributed by atoms with E-state index in [1.807, 2.05) is 36.4 Å². The van der Waals surface area contributed by atoms with Gasteiger partial charge in [0, 0.05) is 0 Å². The molecule has 100 valence electrons. The van der Waals surface area contributed by atoms with Gasteiger partial charge in [-0.3, -0.25) is 0 Å². The number of carbonyl (C=O) groups is 1. The molecule has 0 atom stereocenters. The SMILES string of the molecule is Cc1noc(C)c1C(=O)Oc1ccc2ccccc2c1. The summed E-state index contributed by atoms with van der Waals surface area (Å²) in [5.41, 5.74) is 0.923. The van der Waals surface area contributed by atoms with Gasteiger partial charge in [-0.15, -0.1) is 0 Å². The number of hydrogen-bond acceptors (Lipinski definition) is 4. The highest BCUT2D eigenvalue weighted by Crippen LogP contribution is 2.22. The van der Waals surface area contributed by atoms with Gasteiger partial charge in [0.15, 0.2) is 0 Å². The summed E-state index contributed by atoms with van der Waals surface area (Å²) in [6.07, 6.45) is 0. The van der Waals surface area contributed by atoms with Crippen LogP contribution in [0.2, 0.25) is 0 Å². The molecule has 3 rings (SSSR count). The van der Waals surface area contributed by atoms with Crippen LogP contribution in [0.5, 0.6) is 5.75 Å². The van der Waals surface area contributed by atoms with Crippen molar-refractivity contribution in [1.29, 1.82) is 0 Å². The van der Waals surface area contributed by atoms with E-state index in [1.165, 1.54) is 0 Å². The van der Waals surface area contributed by atoms with Gasteiger partial charge in [0.1, 0.15) is 17.1 Å². The van der Waals surface area contributed by atoms with Gasteiger partial charge in [-0.25, -0.2) is 4.79 Å². The zero-order valence-corrected chi connectivity index (χ0v) is 11.2. The Kier molecular flexibility index (Phi) is 2.99. The van der Waals surface area contributed by atoms with E-state index in [-0.39, 0.29) is 0 Å². The Morgan fingerprint density at radius 1 is 1.10 bits per heavy atom. The number of esters is 1. The molecule has 0 unspecified atom stereocenters. The van der Waals surface area contributed by atoms with Crippen LogP contribution in [-0.2, 0) is 0 Å². The zero-order chi connectivity index (χ0) is 14.1. The third kappa shape index (κ3) is 2.16. The average Bonchev–Trinajstić information content (AvgIpc) is 2.78. The summed E-state index contributed by atoms with van der Waals surface area (Å²) in [6, 6.07) is 13.4. The second-order valence-electron chi connectivity index (χ2n) is 4.60. The first-order valence-electron chi connectivity index (χ1n) is 6.29. The van der Waals surface area contributed by atoms with E-state index >= 15 is 0 Å². The monoisotopic (exact) mass is 267 g/mol. The number of aromatic nitrogens is 1. The van der Waals surface area contributed by atoms with Crippen LogP contribution in [-0.4, -0.2) is 11.1 Å². The molecule has 4 nitrogen and oxygen atoms in total. The highest BCUT2D eigenvalue weighted by atomic mass is 16.5. The Morgan fingerprint density at radius 2 is 1.85 bits per heavy atom. The number of aryl methyl sites for hydroxylation is 2. The fourth-order valence-electron chi connectivity index (χ4n) is 2.16. The van der Waals surface area contributed by atoms with Crippen molar-refractivity contribution in [3.8, 4) is 5.75 Å². The Balaban J connectivity index is 1.91. The Labute approximate surface area is 116 Å². The van der Waals surface area contributed by atoms with Gasteiger partial charge in [0.05, 0.1) is 5.69 Å². The van der Waals surface area contributed by atoms with Crippen LogP contribution in [0.1, 0.15) is 21.8 Å². The minimum atomic E-state index is -0.448. The molecule has 1 heterocycles. The summed E-state index contributed by atoms with van der Waals surface area (Å²) in [5, 5.41) is 5.88. The minimum absolute atomic E-state index is 0.387. The van der Waals surface area contributed by atoms with Crippen molar-refractivity contribution in [3.63, 3.8) is 0 Å². The van der Waals surface area contributed by atoms with Crippen LogP contribution in [0.4, 0.5) is 0 Å². The quantitative estimate of drug-likeness (QED) is 0.525. The largest absolute Gasteiger partial charge is 0.423 e. The molecule has 0 aliphatic carbocycles. The second kappa shape index (κ2) is 4.81. The first-order chi connectivity index (χ1) is 9.65. The van der Waals surface area contributed by atoms with Crippen molar-refractivity contribution in [1.82, 2.24) is 5.16 Å². The molecule has 3 aromatic rings. The van der Waals surface area contributed by atoms with E-state index in [1.54, 1.807) is 19.9 Å². The molecule has 1 aromatic heterocycles. The van der Waals surface area contributed by atoms with Gasteiger partial charge in [-0.1, -0.05) is 35.5 Å². The molecule has 0 aliphatic heterocycles. The molecular weight excluding hydrogens is 254 g/mol. The van der Waals surface area contributed by atoms with Gasteiger partial charge < -0.3 is 9.26 Å². The number of nitrogens with zero attached hydrogens (tertiary/aromatic N) is 1. The summed E-state index contributed by atoms with van der Waals surface area (Å²) < 4.78 is 10.4. The zero-order valence-electron chi connectivity index (χ0n) is 11.2. The number of ether oxygens (including phenoxy) is 1. The molecule has 0 fully saturated rings. The van der Waals surface area contributed by atoms with E-state index in [4.69, 9.17) is 9.26 Å². The number of hydrogen-bond donors (Lipinski definition) is 0. The van der Waals surface area contributed by atoms with Crippen LogP contribution >= 0.6 is 0 Å². The lowest BCUT2D eigenvalue weighted by molar-refractivity contribution is 0.0732. The van der Waals surface area contributed by atoms with E-state index in [9.17, 15) is 4.79 Å². The summed E-state index contributed by atoms with van der Waals surface area (Å²) in [5.74, 6) is 0.526. The number of carbonyl (C=O) groups excluding carboxylic acids is 1. The molecule has 0 radical (unpaired) electrons. The summed E-state index contributed by atoms with van der Waals surface area (Å²) in [7, 11) is 0. The van der Waals surface area contributed by atoms with Crippen LogP contribution in [0.25, 0.3) is 10.8 Å². The fraction of sp³-hybridized carbons (Fsp3) is 0.125. The normalized spacial score (nSPS) is 10.7. The van der Waals surface area contributed by atoms with Crippen LogP contribution in [0.3, 0.4) is 0 Å². The fourth-order valence-corrected chi connectivity index (χ4v) is 2.16. The van der Waals surface area contributed by atoms with Crippen LogP contribution in [0, 0.1) is 13.8 Å². The van der Waals surface area contributed by atoms with Crippen molar-refractivity contribution >= 4 is 16.7 Å². The molecule has 0 saturated heterocycles. The van der Waals surface area contributed by atoms with Crippen molar-refractivity contribution in [3.05, 3.63) is 59.5 Å². The third-order valence-electron chi connectivity index (χ3n) is 3.17. The molecule has 0 saturated carbocycles. The van der Waals surface area contributed by atoms with Crippen molar-refractivity contribution in [2.75, 3.05) is 0 Å². The number of fused-ring (bicyclic) bond motifs is 1. The average molecular weight is 267 g/mol. The van der Waals surface area contributed by atoms with E-state index in [2.05, 4.69) is 5.16 Å². The molecular formula is C16H13NO3. The first kappa shape index (κ1) is 12.4. The molecule has 2 aromatic carbocycles. The lowest BCUT2D eigenvalue weighted by Gasteiger charge is -2.05. The Bertz CT molecular complexity index is 770. The maximum absolute atomic E-state index is 12.1. The summed E-state index contributed by atoms with van der Waals surface area (Å²) in [4.78, 5) is 12.1. The van der Waals surface area contributed by atoms with Gasteiger partial charge in [-0.2, -0.15) is 0 Å². The van der Waals surface area contributed by atoms with E-state index in [0.717, 1.165) is 10.8 Å².